The van der Waals surface area contributed by atoms with Gasteiger partial charge in [0.25, 0.3) is 15.9 Å². The summed E-state index contributed by atoms with van der Waals surface area (Å²) in [6.07, 6.45) is -0.249. The summed E-state index contributed by atoms with van der Waals surface area (Å²) in [5, 5.41) is 11.2. The number of carboxylic acids is 1. The van der Waals surface area contributed by atoms with Crippen LogP contribution in [0.3, 0.4) is 0 Å². The lowest BCUT2D eigenvalue weighted by Gasteiger charge is -2.09. The van der Waals surface area contributed by atoms with Gasteiger partial charge in [-0.1, -0.05) is 18.2 Å². The van der Waals surface area contributed by atoms with E-state index in [-0.39, 0.29) is 22.8 Å². The number of nitrogens with zero attached hydrogens (tertiary/aromatic N) is 1. The number of anilines is 1. The maximum absolute atomic E-state index is 12.5. The highest BCUT2D eigenvalue weighted by Gasteiger charge is 2.26. The minimum atomic E-state index is -3.80. The number of amides is 1. The number of hydrogen-bond donors (Lipinski definition) is 2. The molecule has 0 aliphatic carbocycles. The topological polar surface area (TPSA) is 117 Å². The Labute approximate surface area is 145 Å². The molecule has 2 N–H and O–H groups in total. The molecule has 2 aromatic rings. The number of nitrogens with one attached hydrogen (secondary N) is 1. The van der Waals surface area contributed by atoms with Crippen molar-refractivity contribution in [3.8, 4) is 0 Å². The molecule has 25 heavy (non-hydrogen) atoms. The quantitative estimate of drug-likeness (QED) is 0.804. The molecule has 0 aliphatic rings. The van der Waals surface area contributed by atoms with Crippen LogP contribution in [-0.4, -0.2) is 43.8 Å². The number of para-hydroxylation sites is 1. The second-order valence-corrected chi connectivity index (χ2v) is 7.59. The van der Waals surface area contributed by atoms with E-state index in [1.165, 1.54) is 21.0 Å². The summed E-state index contributed by atoms with van der Waals surface area (Å²) < 4.78 is 30.4. The Hall–Kier alpha value is -2.65. The summed E-state index contributed by atoms with van der Waals surface area (Å²) in [4.78, 5) is 23.4. The molecule has 134 valence electrons. The van der Waals surface area contributed by atoms with Crippen LogP contribution >= 0.6 is 0 Å². The number of furan rings is 1. The third-order valence-corrected chi connectivity index (χ3v) is 5.15. The molecule has 0 radical (unpaired) electrons. The number of carbonyl (C=O) groups is 2. The van der Waals surface area contributed by atoms with Gasteiger partial charge in [0, 0.05) is 25.8 Å². The Kier molecular flexibility index (Phi) is 5.29. The number of carboxylic acid groups (broad SMARTS) is 1. The van der Waals surface area contributed by atoms with Crippen molar-refractivity contribution in [2.45, 2.75) is 18.4 Å². The predicted molar refractivity (Wildman–Crippen MR) is 90.1 cm³/mol. The van der Waals surface area contributed by atoms with E-state index in [9.17, 15) is 18.0 Å². The minimum absolute atomic E-state index is 0.0607. The fourth-order valence-electron chi connectivity index (χ4n) is 2.14. The molecule has 0 spiro atoms. The summed E-state index contributed by atoms with van der Waals surface area (Å²) in [7, 11) is -1.09. The minimum Gasteiger partial charge on any atom is -0.481 e. The fourth-order valence-corrected chi connectivity index (χ4v) is 2.99. The van der Waals surface area contributed by atoms with Crippen molar-refractivity contribution in [1.82, 2.24) is 4.31 Å². The average molecular weight is 366 g/mol. The SMILES string of the molecule is Cc1oc(S(=O)(=O)N(C)C)cc1C(=O)Nc1ccccc1CC(=O)O. The average Bonchev–Trinajstić information content (AvgIpc) is 2.91. The molecule has 0 saturated carbocycles. The second kappa shape index (κ2) is 7.08. The van der Waals surface area contributed by atoms with Gasteiger partial charge in [-0.3, -0.25) is 9.59 Å². The van der Waals surface area contributed by atoms with E-state index in [4.69, 9.17) is 9.52 Å². The normalized spacial score (nSPS) is 11.5. The lowest BCUT2D eigenvalue weighted by molar-refractivity contribution is -0.136. The zero-order valence-corrected chi connectivity index (χ0v) is 14.8. The summed E-state index contributed by atoms with van der Waals surface area (Å²) in [5.41, 5.74) is 0.837. The van der Waals surface area contributed by atoms with Gasteiger partial charge < -0.3 is 14.8 Å². The van der Waals surface area contributed by atoms with Gasteiger partial charge in [-0.2, -0.15) is 0 Å². The molecule has 0 bridgehead atoms. The van der Waals surface area contributed by atoms with Crippen molar-refractivity contribution in [2.24, 2.45) is 0 Å². The van der Waals surface area contributed by atoms with Gasteiger partial charge in [0.2, 0.25) is 5.09 Å². The smallest absolute Gasteiger partial charge is 0.307 e. The zero-order valence-electron chi connectivity index (χ0n) is 13.9. The summed E-state index contributed by atoms with van der Waals surface area (Å²) in [5.74, 6) is -1.46. The first-order valence-electron chi connectivity index (χ1n) is 7.27. The van der Waals surface area contributed by atoms with E-state index in [1.54, 1.807) is 24.3 Å². The lowest BCUT2D eigenvalue weighted by atomic mass is 10.1. The number of sulfonamides is 1. The van der Waals surface area contributed by atoms with Crippen molar-refractivity contribution in [3.05, 3.63) is 47.2 Å². The van der Waals surface area contributed by atoms with Crippen molar-refractivity contribution in [3.63, 3.8) is 0 Å². The Morgan fingerprint density at radius 3 is 2.48 bits per heavy atom. The van der Waals surface area contributed by atoms with Crippen LogP contribution in [0.25, 0.3) is 0 Å². The highest BCUT2D eigenvalue weighted by molar-refractivity contribution is 7.88. The van der Waals surface area contributed by atoms with Crippen LogP contribution in [0.15, 0.2) is 39.8 Å². The maximum Gasteiger partial charge on any atom is 0.307 e. The first kappa shape index (κ1) is 18.7. The van der Waals surface area contributed by atoms with Gasteiger partial charge >= 0.3 is 5.97 Å². The molecular weight excluding hydrogens is 348 g/mol. The van der Waals surface area contributed by atoms with E-state index in [0.29, 0.717) is 11.3 Å². The highest BCUT2D eigenvalue weighted by atomic mass is 32.2. The molecule has 0 fully saturated rings. The van der Waals surface area contributed by atoms with Gasteiger partial charge in [-0.15, -0.1) is 0 Å². The van der Waals surface area contributed by atoms with Crippen LogP contribution in [-0.2, 0) is 21.2 Å². The summed E-state index contributed by atoms with van der Waals surface area (Å²) in [6.45, 7) is 1.48. The Morgan fingerprint density at radius 2 is 1.88 bits per heavy atom. The molecule has 1 aromatic carbocycles. The molecule has 2 rings (SSSR count). The highest BCUT2D eigenvalue weighted by Crippen LogP contribution is 2.23. The number of aryl methyl sites for hydroxylation is 1. The van der Waals surface area contributed by atoms with Crippen molar-refractivity contribution in [2.75, 3.05) is 19.4 Å². The van der Waals surface area contributed by atoms with E-state index < -0.39 is 21.9 Å². The third kappa shape index (κ3) is 4.06. The standard InChI is InChI=1S/C16H18N2O6S/c1-10-12(9-15(24-10)25(22,23)18(2)3)16(21)17-13-7-5-4-6-11(13)8-14(19)20/h4-7,9H,8H2,1-3H3,(H,17,21)(H,19,20). The van der Waals surface area contributed by atoms with Gasteiger partial charge in [-0.25, -0.2) is 12.7 Å². The van der Waals surface area contributed by atoms with Crippen LogP contribution in [0.2, 0.25) is 0 Å². The fraction of sp³-hybridized carbons (Fsp3) is 0.250. The molecule has 0 aliphatic heterocycles. The Bertz CT molecular complexity index is 914. The Morgan fingerprint density at radius 1 is 1.24 bits per heavy atom. The monoisotopic (exact) mass is 366 g/mol. The lowest BCUT2D eigenvalue weighted by Crippen LogP contribution is -2.21. The van der Waals surface area contributed by atoms with Gasteiger partial charge in [0.15, 0.2) is 0 Å². The van der Waals surface area contributed by atoms with Gasteiger partial charge in [-0.05, 0) is 18.6 Å². The van der Waals surface area contributed by atoms with Gasteiger partial charge in [0.1, 0.15) is 5.76 Å². The second-order valence-electron chi connectivity index (χ2n) is 5.50. The van der Waals surface area contributed by atoms with E-state index in [1.807, 2.05) is 0 Å². The van der Waals surface area contributed by atoms with Crippen molar-refractivity contribution >= 4 is 27.6 Å². The molecule has 1 aromatic heterocycles. The van der Waals surface area contributed by atoms with Crippen molar-refractivity contribution < 1.29 is 27.5 Å². The maximum atomic E-state index is 12.5. The van der Waals surface area contributed by atoms with Crippen LogP contribution in [0.5, 0.6) is 0 Å². The number of aliphatic carboxylic acids is 1. The number of hydrogen-bond acceptors (Lipinski definition) is 5. The first-order valence-corrected chi connectivity index (χ1v) is 8.71. The number of rotatable bonds is 6. The van der Waals surface area contributed by atoms with E-state index >= 15 is 0 Å². The summed E-state index contributed by atoms with van der Waals surface area (Å²) >= 11 is 0. The van der Waals surface area contributed by atoms with Gasteiger partial charge in [0.05, 0.1) is 12.0 Å². The molecule has 1 amide bonds. The Balaban J connectivity index is 2.32. The van der Waals surface area contributed by atoms with Crippen LogP contribution in [0, 0.1) is 6.92 Å². The first-order chi connectivity index (χ1) is 11.6. The largest absolute Gasteiger partial charge is 0.481 e. The van der Waals surface area contributed by atoms with Crippen molar-refractivity contribution in [1.29, 1.82) is 0 Å². The van der Waals surface area contributed by atoms with E-state index in [2.05, 4.69) is 5.32 Å². The predicted octanol–water partition coefficient (Wildman–Crippen LogP) is 1.72. The molecule has 8 nitrogen and oxygen atoms in total. The third-order valence-electron chi connectivity index (χ3n) is 3.48. The number of carbonyl (C=O) groups excluding carboxylic acids is 1. The van der Waals surface area contributed by atoms with Crippen LogP contribution in [0.4, 0.5) is 5.69 Å². The molecule has 0 saturated heterocycles. The van der Waals surface area contributed by atoms with E-state index in [0.717, 1.165) is 10.4 Å². The zero-order chi connectivity index (χ0) is 18.8. The van der Waals surface area contributed by atoms with Crippen LogP contribution in [0.1, 0.15) is 21.7 Å². The molecule has 0 atom stereocenters. The number of benzene rings is 1. The summed E-state index contributed by atoms with van der Waals surface area (Å²) in [6, 6.07) is 7.64. The molecular formula is C16H18N2O6S. The molecule has 0 unspecified atom stereocenters. The molecule has 9 heteroatoms. The molecule has 1 heterocycles. The van der Waals surface area contributed by atoms with Crippen LogP contribution < -0.4 is 5.32 Å².